The summed E-state index contributed by atoms with van der Waals surface area (Å²) in [5.41, 5.74) is 3.81. The normalized spacial score (nSPS) is 13.5. The Hall–Kier alpha value is -3.15. The van der Waals surface area contributed by atoms with Gasteiger partial charge in [-0.3, -0.25) is 4.79 Å². The lowest BCUT2D eigenvalue weighted by Crippen LogP contribution is -2.44. The molecule has 1 aliphatic carbocycles. The first kappa shape index (κ1) is 25.5. The number of carbonyl (C=O) groups excluding carboxylic acids is 3. The summed E-state index contributed by atoms with van der Waals surface area (Å²) in [7, 11) is 0. The number of alkyl carbamates (subject to hydrolysis) is 1. The van der Waals surface area contributed by atoms with Gasteiger partial charge in [-0.05, 0) is 55.9 Å². The Morgan fingerprint density at radius 1 is 0.941 bits per heavy atom. The zero-order chi connectivity index (χ0) is 24.7. The third kappa shape index (κ3) is 6.69. The fraction of sp³-hybridized carbons (Fsp3) is 0.464. The SMILES string of the molecule is CCCCC(=O)CC[C@H](NC(=O)OCC1c2ccccc2-c2ccccc21)C(=O)OC(C)(C)C. The van der Waals surface area contributed by atoms with Crippen molar-refractivity contribution in [1.82, 2.24) is 5.32 Å². The summed E-state index contributed by atoms with van der Waals surface area (Å²) in [6, 6.07) is 15.2. The Morgan fingerprint density at radius 2 is 1.53 bits per heavy atom. The van der Waals surface area contributed by atoms with Gasteiger partial charge < -0.3 is 14.8 Å². The Bertz CT molecular complexity index is 978. The maximum absolute atomic E-state index is 12.7. The molecular weight excluding hydrogens is 430 g/mol. The minimum absolute atomic E-state index is 0.0738. The van der Waals surface area contributed by atoms with Crippen molar-refractivity contribution in [2.24, 2.45) is 0 Å². The van der Waals surface area contributed by atoms with Crippen molar-refractivity contribution in [2.45, 2.75) is 77.4 Å². The second kappa shape index (κ2) is 11.3. The third-order valence-electron chi connectivity index (χ3n) is 5.85. The number of carbonyl (C=O) groups is 3. The van der Waals surface area contributed by atoms with Crippen LogP contribution >= 0.6 is 0 Å². The van der Waals surface area contributed by atoms with Crippen molar-refractivity contribution in [2.75, 3.05) is 6.61 Å². The minimum atomic E-state index is -0.944. The number of ether oxygens (including phenoxy) is 2. The maximum Gasteiger partial charge on any atom is 0.407 e. The van der Waals surface area contributed by atoms with E-state index in [9.17, 15) is 14.4 Å². The number of rotatable bonds is 10. The second-order valence-electron chi connectivity index (χ2n) is 9.74. The molecule has 0 unspecified atom stereocenters. The van der Waals surface area contributed by atoms with E-state index in [2.05, 4.69) is 17.4 Å². The van der Waals surface area contributed by atoms with E-state index in [-0.39, 0.29) is 31.1 Å². The van der Waals surface area contributed by atoms with E-state index in [0.29, 0.717) is 6.42 Å². The number of ketones is 1. The molecule has 1 aliphatic rings. The largest absolute Gasteiger partial charge is 0.458 e. The van der Waals surface area contributed by atoms with Crippen LogP contribution in [-0.2, 0) is 19.1 Å². The van der Waals surface area contributed by atoms with Crippen LogP contribution in [0, 0.1) is 0 Å². The molecule has 34 heavy (non-hydrogen) atoms. The smallest absolute Gasteiger partial charge is 0.407 e. The van der Waals surface area contributed by atoms with Gasteiger partial charge in [0, 0.05) is 18.8 Å². The summed E-state index contributed by atoms with van der Waals surface area (Å²) in [4.78, 5) is 37.5. The highest BCUT2D eigenvalue weighted by Crippen LogP contribution is 2.44. The zero-order valence-electron chi connectivity index (χ0n) is 20.6. The molecule has 0 bridgehead atoms. The number of hydrogen-bond donors (Lipinski definition) is 1. The van der Waals surface area contributed by atoms with Gasteiger partial charge in [-0.15, -0.1) is 0 Å². The molecule has 0 saturated heterocycles. The molecule has 0 spiro atoms. The molecule has 0 radical (unpaired) electrons. The predicted molar refractivity (Wildman–Crippen MR) is 132 cm³/mol. The first-order valence-electron chi connectivity index (χ1n) is 12.1. The Labute approximate surface area is 202 Å². The van der Waals surface area contributed by atoms with E-state index in [4.69, 9.17) is 9.47 Å². The summed E-state index contributed by atoms with van der Waals surface area (Å²) >= 11 is 0. The molecule has 182 valence electrons. The summed E-state index contributed by atoms with van der Waals surface area (Å²) in [5, 5.41) is 2.63. The number of fused-ring (bicyclic) bond motifs is 3. The summed E-state index contributed by atoms with van der Waals surface area (Å²) in [6.45, 7) is 7.47. The number of unbranched alkanes of at least 4 members (excludes halogenated alkanes) is 1. The van der Waals surface area contributed by atoms with Crippen molar-refractivity contribution in [1.29, 1.82) is 0 Å². The molecule has 0 aliphatic heterocycles. The van der Waals surface area contributed by atoms with Crippen LogP contribution < -0.4 is 5.32 Å². The minimum Gasteiger partial charge on any atom is -0.458 e. The number of Topliss-reactive ketones (excluding diaryl/α,β-unsaturated/α-hetero) is 1. The molecule has 6 heteroatoms. The average Bonchev–Trinajstić information content (AvgIpc) is 3.11. The zero-order valence-corrected chi connectivity index (χ0v) is 20.6. The molecule has 2 aromatic carbocycles. The van der Waals surface area contributed by atoms with Crippen molar-refractivity contribution in [3.05, 3.63) is 59.7 Å². The van der Waals surface area contributed by atoms with Gasteiger partial charge in [0.25, 0.3) is 0 Å². The molecular formula is C28H35NO5. The van der Waals surface area contributed by atoms with E-state index in [0.717, 1.165) is 35.1 Å². The van der Waals surface area contributed by atoms with Crippen LogP contribution in [0.4, 0.5) is 4.79 Å². The molecule has 0 fully saturated rings. The number of nitrogens with one attached hydrogen (secondary N) is 1. The highest BCUT2D eigenvalue weighted by atomic mass is 16.6. The van der Waals surface area contributed by atoms with Crippen LogP contribution in [0.3, 0.4) is 0 Å². The summed E-state index contributed by atoms with van der Waals surface area (Å²) in [6.07, 6.45) is 1.91. The van der Waals surface area contributed by atoms with Crippen LogP contribution in [0.2, 0.25) is 0 Å². The maximum atomic E-state index is 12.7. The lowest BCUT2D eigenvalue weighted by Gasteiger charge is -2.24. The van der Waals surface area contributed by atoms with E-state index in [1.54, 1.807) is 20.8 Å². The van der Waals surface area contributed by atoms with Gasteiger partial charge >= 0.3 is 12.1 Å². The molecule has 1 atom stereocenters. The number of benzene rings is 2. The van der Waals surface area contributed by atoms with Crippen LogP contribution in [-0.4, -0.2) is 36.1 Å². The highest BCUT2D eigenvalue weighted by Gasteiger charge is 2.31. The van der Waals surface area contributed by atoms with Crippen molar-refractivity contribution in [3.8, 4) is 11.1 Å². The summed E-state index contributed by atoms with van der Waals surface area (Å²) < 4.78 is 11.0. The van der Waals surface area contributed by atoms with Crippen LogP contribution in [0.25, 0.3) is 11.1 Å². The lowest BCUT2D eigenvalue weighted by atomic mass is 9.98. The van der Waals surface area contributed by atoms with E-state index in [1.807, 2.05) is 43.3 Å². The van der Waals surface area contributed by atoms with E-state index >= 15 is 0 Å². The first-order chi connectivity index (χ1) is 16.2. The van der Waals surface area contributed by atoms with Crippen LogP contribution in [0.5, 0.6) is 0 Å². The second-order valence-corrected chi connectivity index (χ2v) is 9.74. The molecule has 0 saturated carbocycles. The number of amides is 1. The van der Waals surface area contributed by atoms with Crippen molar-refractivity contribution in [3.63, 3.8) is 0 Å². The monoisotopic (exact) mass is 465 g/mol. The number of esters is 1. The highest BCUT2D eigenvalue weighted by molar-refractivity contribution is 5.84. The predicted octanol–water partition coefficient (Wildman–Crippen LogP) is 5.77. The van der Waals surface area contributed by atoms with Crippen molar-refractivity contribution >= 4 is 17.8 Å². The first-order valence-corrected chi connectivity index (χ1v) is 12.1. The Balaban J connectivity index is 1.64. The number of hydrogen-bond acceptors (Lipinski definition) is 5. The fourth-order valence-electron chi connectivity index (χ4n) is 4.21. The van der Waals surface area contributed by atoms with Gasteiger partial charge in [-0.25, -0.2) is 9.59 Å². The molecule has 0 aromatic heterocycles. The Kier molecular flexibility index (Phi) is 8.48. The van der Waals surface area contributed by atoms with Gasteiger partial charge in [0.1, 0.15) is 24.0 Å². The molecule has 2 aromatic rings. The Morgan fingerprint density at radius 3 is 2.09 bits per heavy atom. The van der Waals surface area contributed by atoms with Gasteiger partial charge in [-0.2, -0.15) is 0 Å². The average molecular weight is 466 g/mol. The van der Waals surface area contributed by atoms with Gasteiger partial charge in [0.15, 0.2) is 0 Å². The fourth-order valence-corrected chi connectivity index (χ4v) is 4.21. The molecule has 1 N–H and O–H groups in total. The molecule has 3 rings (SSSR count). The van der Waals surface area contributed by atoms with E-state index in [1.165, 1.54) is 0 Å². The van der Waals surface area contributed by atoms with Crippen LogP contribution in [0.15, 0.2) is 48.5 Å². The quantitative estimate of drug-likeness (QED) is 0.450. The van der Waals surface area contributed by atoms with Crippen LogP contribution in [0.1, 0.15) is 76.8 Å². The lowest BCUT2D eigenvalue weighted by molar-refractivity contribution is -0.157. The standard InChI is InChI=1S/C28H35NO5/c1-5-6-11-19(30)16-17-25(26(31)34-28(2,3)4)29-27(32)33-18-24-22-14-9-7-12-20(22)21-13-8-10-15-23(21)24/h7-10,12-15,24-25H,5-6,11,16-18H2,1-4H3,(H,29,32)/t25-/m0/s1. The summed E-state index contributed by atoms with van der Waals surface area (Å²) in [5.74, 6) is -0.567. The van der Waals surface area contributed by atoms with Gasteiger partial charge in [0.05, 0.1) is 0 Å². The topological polar surface area (TPSA) is 81.7 Å². The molecule has 0 heterocycles. The van der Waals surface area contributed by atoms with Gasteiger partial charge in [0.2, 0.25) is 0 Å². The van der Waals surface area contributed by atoms with Gasteiger partial charge in [-0.1, -0.05) is 61.9 Å². The van der Waals surface area contributed by atoms with Crippen molar-refractivity contribution < 1.29 is 23.9 Å². The van der Waals surface area contributed by atoms with E-state index < -0.39 is 23.7 Å². The third-order valence-corrected chi connectivity index (χ3v) is 5.85. The molecule has 1 amide bonds. The molecule has 6 nitrogen and oxygen atoms in total.